The largest absolute Gasteiger partial charge is 0.378 e. The lowest BCUT2D eigenvalue weighted by Gasteiger charge is -2.18. The number of nitrogens with zero attached hydrogens (tertiary/aromatic N) is 2. The molecule has 1 aliphatic heterocycles. The zero-order chi connectivity index (χ0) is 16.6. The Labute approximate surface area is 135 Å². The fourth-order valence-electron chi connectivity index (χ4n) is 3.10. The molecule has 1 saturated heterocycles. The van der Waals surface area contributed by atoms with E-state index in [0.29, 0.717) is 17.9 Å². The minimum absolute atomic E-state index is 0.000582. The van der Waals surface area contributed by atoms with E-state index >= 15 is 0 Å². The lowest BCUT2D eigenvalue weighted by atomic mass is 10.1. The van der Waals surface area contributed by atoms with Crippen LogP contribution in [-0.4, -0.2) is 48.0 Å². The van der Waals surface area contributed by atoms with Crippen LogP contribution in [0.15, 0.2) is 16.7 Å². The number of methoxy groups -OCH3 is 1. The van der Waals surface area contributed by atoms with Crippen molar-refractivity contribution in [2.75, 3.05) is 20.2 Å². The molecule has 1 fully saturated rings. The van der Waals surface area contributed by atoms with Gasteiger partial charge in [0.05, 0.1) is 17.7 Å². The molecule has 2 aromatic rings. The first-order chi connectivity index (χ1) is 11.0. The van der Waals surface area contributed by atoms with Gasteiger partial charge in [-0.05, 0) is 26.8 Å². The van der Waals surface area contributed by atoms with Crippen LogP contribution in [0.4, 0.5) is 0 Å². The Bertz CT molecular complexity index is 719. The predicted molar refractivity (Wildman–Crippen MR) is 85.0 cm³/mol. The van der Waals surface area contributed by atoms with E-state index in [0.717, 1.165) is 23.7 Å². The van der Waals surface area contributed by atoms with Crippen LogP contribution in [0.2, 0.25) is 0 Å². The van der Waals surface area contributed by atoms with E-state index in [1.807, 2.05) is 37.5 Å². The van der Waals surface area contributed by atoms with Crippen LogP contribution < -0.4 is 10.6 Å². The number of nitrogens with one attached hydrogen (secondary N) is 2. The van der Waals surface area contributed by atoms with E-state index in [9.17, 15) is 4.79 Å². The Morgan fingerprint density at radius 1 is 1.39 bits per heavy atom. The Kier molecular flexibility index (Phi) is 4.23. The van der Waals surface area contributed by atoms with Crippen molar-refractivity contribution >= 4 is 5.91 Å². The molecule has 0 bridgehead atoms. The second kappa shape index (κ2) is 6.17. The van der Waals surface area contributed by atoms with Crippen LogP contribution in [0, 0.1) is 20.8 Å². The van der Waals surface area contributed by atoms with E-state index in [1.54, 1.807) is 7.11 Å². The highest BCUT2D eigenvalue weighted by Gasteiger charge is 2.29. The van der Waals surface area contributed by atoms with Crippen molar-refractivity contribution in [1.29, 1.82) is 0 Å². The van der Waals surface area contributed by atoms with Crippen molar-refractivity contribution in [1.82, 2.24) is 20.4 Å². The summed E-state index contributed by atoms with van der Waals surface area (Å²) >= 11 is 0. The maximum atomic E-state index is 12.6. The van der Waals surface area contributed by atoms with Gasteiger partial charge in [-0.25, -0.2) is 0 Å². The molecule has 3 heterocycles. The first-order valence-electron chi connectivity index (χ1n) is 7.68. The van der Waals surface area contributed by atoms with Crippen LogP contribution in [0.25, 0.3) is 5.82 Å². The van der Waals surface area contributed by atoms with Crippen LogP contribution in [-0.2, 0) is 4.74 Å². The van der Waals surface area contributed by atoms with E-state index in [1.165, 1.54) is 0 Å². The zero-order valence-corrected chi connectivity index (χ0v) is 13.8. The molecule has 0 saturated carbocycles. The lowest BCUT2D eigenvalue weighted by molar-refractivity contribution is 0.0779. The molecular formula is C16H22N4O3. The SMILES string of the molecule is CO[C@H]1CNC[C@H]1NC(=O)c1cc(C)n(-c2cc(C)on2)c1C. The molecule has 124 valence electrons. The number of aryl methyl sites for hydroxylation is 2. The third kappa shape index (κ3) is 2.89. The normalized spacial score (nSPS) is 20.9. The summed E-state index contributed by atoms with van der Waals surface area (Å²) in [7, 11) is 1.66. The minimum Gasteiger partial charge on any atom is -0.378 e. The molecule has 1 aliphatic rings. The van der Waals surface area contributed by atoms with Gasteiger partial charge in [0.15, 0.2) is 5.82 Å². The minimum atomic E-state index is -0.0969. The van der Waals surface area contributed by atoms with Crippen molar-refractivity contribution in [3.63, 3.8) is 0 Å². The molecule has 7 heteroatoms. The lowest BCUT2D eigenvalue weighted by Crippen LogP contribution is -2.43. The number of amides is 1. The number of carbonyl (C=O) groups is 1. The van der Waals surface area contributed by atoms with E-state index in [4.69, 9.17) is 9.26 Å². The van der Waals surface area contributed by atoms with Gasteiger partial charge in [0.2, 0.25) is 0 Å². The second-order valence-corrected chi connectivity index (χ2v) is 5.93. The summed E-state index contributed by atoms with van der Waals surface area (Å²) in [5, 5.41) is 10.3. The van der Waals surface area contributed by atoms with E-state index in [-0.39, 0.29) is 18.1 Å². The van der Waals surface area contributed by atoms with Crippen molar-refractivity contribution in [2.45, 2.75) is 32.9 Å². The standard InChI is InChI=1S/C16H22N4O3/c1-9-5-12(11(3)20(9)15-6-10(2)23-19-15)16(21)18-13-7-17-8-14(13)22-4/h5-6,13-14,17H,7-8H2,1-4H3,(H,18,21)/t13-,14+/m1/s1. The van der Waals surface area contributed by atoms with Gasteiger partial charge >= 0.3 is 0 Å². The summed E-state index contributed by atoms with van der Waals surface area (Å²) < 4.78 is 12.4. The number of hydrogen-bond donors (Lipinski definition) is 2. The fourth-order valence-corrected chi connectivity index (χ4v) is 3.10. The molecule has 23 heavy (non-hydrogen) atoms. The molecule has 7 nitrogen and oxygen atoms in total. The summed E-state index contributed by atoms with van der Waals surface area (Å²) in [6, 6.07) is 3.70. The Morgan fingerprint density at radius 3 is 2.83 bits per heavy atom. The van der Waals surface area contributed by atoms with E-state index in [2.05, 4.69) is 15.8 Å². The first-order valence-corrected chi connectivity index (χ1v) is 7.68. The van der Waals surface area contributed by atoms with Crippen LogP contribution in [0.3, 0.4) is 0 Å². The van der Waals surface area contributed by atoms with Gasteiger partial charge in [-0.2, -0.15) is 0 Å². The third-order valence-electron chi connectivity index (χ3n) is 4.30. The Balaban J connectivity index is 1.84. The molecule has 3 rings (SSSR count). The van der Waals surface area contributed by atoms with Gasteiger partial charge in [-0.15, -0.1) is 0 Å². The van der Waals surface area contributed by atoms with Crippen LogP contribution in [0.1, 0.15) is 27.5 Å². The molecule has 2 N–H and O–H groups in total. The summed E-state index contributed by atoms with van der Waals surface area (Å²) in [5.74, 6) is 1.33. The molecule has 0 aromatic carbocycles. The molecule has 1 amide bonds. The number of rotatable bonds is 4. The highest BCUT2D eigenvalue weighted by molar-refractivity contribution is 5.96. The van der Waals surface area contributed by atoms with Crippen molar-refractivity contribution in [3.8, 4) is 5.82 Å². The van der Waals surface area contributed by atoms with Crippen molar-refractivity contribution in [3.05, 3.63) is 34.8 Å². The number of carbonyl (C=O) groups excluding carboxylic acids is 1. The van der Waals surface area contributed by atoms with Crippen molar-refractivity contribution < 1.29 is 14.1 Å². The number of aromatic nitrogens is 2. The molecule has 0 radical (unpaired) electrons. The highest BCUT2D eigenvalue weighted by atomic mass is 16.5. The molecule has 2 aromatic heterocycles. The monoisotopic (exact) mass is 318 g/mol. The quantitative estimate of drug-likeness (QED) is 0.882. The predicted octanol–water partition coefficient (Wildman–Crippen LogP) is 1.11. The molecule has 2 atom stereocenters. The summed E-state index contributed by atoms with van der Waals surface area (Å²) in [4.78, 5) is 12.6. The van der Waals surface area contributed by atoms with Gasteiger partial charge in [0, 0.05) is 37.7 Å². The maximum Gasteiger partial charge on any atom is 0.253 e. The Morgan fingerprint density at radius 2 is 2.17 bits per heavy atom. The highest BCUT2D eigenvalue weighted by Crippen LogP contribution is 2.21. The van der Waals surface area contributed by atoms with Crippen molar-refractivity contribution in [2.24, 2.45) is 0 Å². The average Bonchev–Trinajstić information content (AvgIpc) is 3.19. The second-order valence-electron chi connectivity index (χ2n) is 5.93. The topological polar surface area (TPSA) is 81.3 Å². The number of hydrogen-bond acceptors (Lipinski definition) is 5. The van der Waals surface area contributed by atoms with Crippen LogP contribution in [0.5, 0.6) is 0 Å². The van der Waals surface area contributed by atoms with E-state index < -0.39 is 0 Å². The summed E-state index contributed by atoms with van der Waals surface area (Å²) in [6.07, 6.45) is 0.000582. The van der Waals surface area contributed by atoms with Crippen LogP contribution >= 0.6 is 0 Å². The van der Waals surface area contributed by atoms with Gasteiger partial charge in [0.25, 0.3) is 5.91 Å². The summed E-state index contributed by atoms with van der Waals surface area (Å²) in [5.41, 5.74) is 2.42. The van der Waals surface area contributed by atoms with Gasteiger partial charge in [0.1, 0.15) is 5.76 Å². The fraction of sp³-hybridized carbons (Fsp3) is 0.500. The average molecular weight is 318 g/mol. The zero-order valence-electron chi connectivity index (χ0n) is 13.8. The maximum absolute atomic E-state index is 12.6. The molecule has 0 aliphatic carbocycles. The smallest absolute Gasteiger partial charge is 0.253 e. The molecule has 0 unspecified atom stereocenters. The Hall–Kier alpha value is -2.12. The number of ether oxygens (including phenoxy) is 1. The third-order valence-corrected chi connectivity index (χ3v) is 4.30. The first kappa shape index (κ1) is 15.8. The molecular weight excluding hydrogens is 296 g/mol. The van der Waals surface area contributed by atoms with Gasteiger partial charge in [-0.3, -0.25) is 9.36 Å². The molecule has 0 spiro atoms. The van der Waals surface area contributed by atoms with Gasteiger partial charge < -0.3 is 19.9 Å². The van der Waals surface area contributed by atoms with Gasteiger partial charge in [-0.1, -0.05) is 5.16 Å². The summed E-state index contributed by atoms with van der Waals surface area (Å²) in [6.45, 7) is 7.16.